The van der Waals surface area contributed by atoms with Gasteiger partial charge in [0.2, 0.25) is 0 Å². The number of rotatable bonds is 1. The van der Waals surface area contributed by atoms with Crippen LogP contribution in [-0.4, -0.2) is 51.8 Å². The predicted molar refractivity (Wildman–Crippen MR) is 69.8 cm³/mol. The number of aliphatic imine (C=N–C) groups is 1. The first-order valence-corrected chi connectivity index (χ1v) is 7.07. The molecule has 2 amide bonds. The second-order valence-electron chi connectivity index (χ2n) is 5.53. The zero-order chi connectivity index (χ0) is 16.1. The molecular formula is C11H14F3N3O3S. The molecule has 0 bridgehead atoms. The number of carbonyl (C=O) groups excluding carboxylic acids is 2. The number of fused-ring (bicyclic) bond motifs is 1. The summed E-state index contributed by atoms with van der Waals surface area (Å²) in [5, 5.41) is 1.56. The fourth-order valence-electron chi connectivity index (χ4n) is 1.86. The highest BCUT2D eigenvalue weighted by Gasteiger charge is 2.68. The smallest absolute Gasteiger partial charge is 0.442 e. The van der Waals surface area contributed by atoms with Crippen LogP contribution in [0.5, 0.6) is 0 Å². The predicted octanol–water partition coefficient (Wildman–Crippen LogP) is 1.71. The number of ether oxygens (including phenoxy) is 1. The van der Waals surface area contributed by atoms with Crippen molar-refractivity contribution in [1.29, 1.82) is 0 Å². The monoisotopic (exact) mass is 325 g/mol. The van der Waals surface area contributed by atoms with Crippen LogP contribution in [0, 0.1) is 0 Å². The Kier molecular flexibility index (Phi) is 3.63. The molecule has 1 unspecified atom stereocenters. The number of hydrogen-bond acceptors (Lipinski definition) is 5. The van der Waals surface area contributed by atoms with E-state index in [0.29, 0.717) is 5.75 Å². The van der Waals surface area contributed by atoms with Gasteiger partial charge in [-0.3, -0.25) is 15.0 Å². The average Bonchev–Trinajstić information content (AvgIpc) is 2.78. The van der Waals surface area contributed by atoms with Crippen molar-refractivity contribution >= 4 is 28.9 Å². The van der Waals surface area contributed by atoms with Crippen LogP contribution in [0.1, 0.15) is 20.8 Å². The second kappa shape index (κ2) is 4.79. The van der Waals surface area contributed by atoms with E-state index >= 15 is 0 Å². The second-order valence-corrected chi connectivity index (χ2v) is 6.60. The summed E-state index contributed by atoms with van der Waals surface area (Å²) in [6, 6.07) is 0. The summed E-state index contributed by atoms with van der Waals surface area (Å²) >= 11 is 1.04. The third-order valence-electron chi connectivity index (χ3n) is 2.69. The van der Waals surface area contributed by atoms with Gasteiger partial charge in [-0.1, -0.05) is 11.8 Å². The number of alkyl halides is 3. The average molecular weight is 325 g/mol. The number of hydrogen-bond donors (Lipinski definition) is 1. The molecule has 2 aliphatic heterocycles. The first-order valence-electron chi connectivity index (χ1n) is 6.09. The fraction of sp³-hybridized carbons (Fsp3) is 0.727. The number of carbonyl (C=O) groups is 2. The van der Waals surface area contributed by atoms with E-state index in [2.05, 4.69) is 4.99 Å². The number of nitrogens with one attached hydrogen (secondary N) is 1. The third kappa shape index (κ3) is 2.81. The van der Waals surface area contributed by atoms with Crippen LogP contribution in [0.3, 0.4) is 0 Å². The molecule has 2 heterocycles. The molecule has 0 spiro atoms. The van der Waals surface area contributed by atoms with Gasteiger partial charge in [-0.15, -0.1) is 0 Å². The Bertz CT molecular complexity index is 515. The largest absolute Gasteiger partial charge is 0.444 e. The summed E-state index contributed by atoms with van der Waals surface area (Å²) in [6.45, 7) is 4.64. The maximum atomic E-state index is 13.3. The molecule has 6 nitrogen and oxygen atoms in total. The van der Waals surface area contributed by atoms with Crippen LogP contribution in [-0.2, 0) is 9.53 Å². The van der Waals surface area contributed by atoms with Crippen LogP contribution in [0.4, 0.5) is 18.0 Å². The molecule has 1 N–H and O–H groups in total. The summed E-state index contributed by atoms with van der Waals surface area (Å²) in [7, 11) is 0. The topological polar surface area (TPSA) is 71.0 Å². The normalized spacial score (nSPS) is 25.7. The van der Waals surface area contributed by atoms with E-state index in [1.807, 2.05) is 0 Å². The van der Waals surface area contributed by atoms with Gasteiger partial charge >= 0.3 is 17.9 Å². The molecule has 2 rings (SSSR count). The van der Waals surface area contributed by atoms with Crippen LogP contribution >= 0.6 is 11.8 Å². The molecule has 1 fully saturated rings. The maximum Gasteiger partial charge on any atom is 0.442 e. The summed E-state index contributed by atoms with van der Waals surface area (Å²) in [4.78, 5) is 28.1. The Morgan fingerprint density at radius 1 is 1.43 bits per heavy atom. The molecule has 21 heavy (non-hydrogen) atoms. The molecule has 0 aromatic heterocycles. The van der Waals surface area contributed by atoms with E-state index in [4.69, 9.17) is 4.74 Å². The minimum absolute atomic E-state index is 0.0339. The van der Waals surface area contributed by atoms with Crippen molar-refractivity contribution in [3.63, 3.8) is 0 Å². The Morgan fingerprint density at radius 3 is 2.52 bits per heavy atom. The lowest BCUT2D eigenvalue weighted by Gasteiger charge is -2.30. The van der Waals surface area contributed by atoms with Gasteiger partial charge in [-0.05, 0) is 20.8 Å². The first-order chi connectivity index (χ1) is 9.46. The molecular weight excluding hydrogens is 311 g/mol. The van der Waals surface area contributed by atoms with Crippen molar-refractivity contribution in [3.8, 4) is 0 Å². The maximum absolute atomic E-state index is 13.3. The fourth-order valence-corrected chi connectivity index (χ4v) is 2.85. The zero-order valence-electron chi connectivity index (χ0n) is 11.6. The molecule has 1 saturated heterocycles. The Morgan fingerprint density at radius 2 is 2.05 bits per heavy atom. The molecule has 0 radical (unpaired) electrons. The van der Waals surface area contributed by atoms with Gasteiger partial charge in [0.05, 0.1) is 0 Å². The van der Waals surface area contributed by atoms with Crippen molar-refractivity contribution in [3.05, 3.63) is 0 Å². The van der Waals surface area contributed by atoms with Gasteiger partial charge in [-0.2, -0.15) is 13.2 Å². The molecule has 0 aromatic rings. The summed E-state index contributed by atoms with van der Waals surface area (Å²) < 4.78 is 44.8. The highest BCUT2D eigenvalue weighted by molar-refractivity contribution is 8.14. The van der Waals surface area contributed by atoms with E-state index in [-0.39, 0.29) is 11.7 Å². The molecule has 2 aliphatic rings. The van der Waals surface area contributed by atoms with E-state index < -0.39 is 29.4 Å². The third-order valence-corrected chi connectivity index (χ3v) is 3.64. The van der Waals surface area contributed by atoms with Crippen molar-refractivity contribution < 1.29 is 27.5 Å². The zero-order valence-corrected chi connectivity index (χ0v) is 12.4. The Hall–Kier alpha value is -1.45. The van der Waals surface area contributed by atoms with Gasteiger partial charge in [0.1, 0.15) is 5.60 Å². The number of thioether (sulfide) groups is 1. The van der Waals surface area contributed by atoms with Crippen LogP contribution in [0.25, 0.3) is 0 Å². The molecule has 1 atom stereocenters. The standard InChI is InChI=1S/C11H14F3N3O3S/c1-9(2,3)20-8(19)16-10(11(12,13)14)6(18)17-4-5-21-7(17)15-10/h4-5H2,1-3H3,(H,16,19). The van der Waals surface area contributed by atoms with E-state index in [1.54, 1.807) is 5.32 Å². The van der Waals surface area contributed by atoms with E-state index in [1.165, 1.54) is 20.8 Å². The summed E-state index contributed by atoms with van der Waals surface area (Å²) in [5.74, 6) is -0.828. The molecule has 0 saturated carbocycles. The molecule has 10 heteroatoms. The molecule has 118 valence electrons. The van der Waals surface area contributed by atoms with Crippen LogP contribution in [0.2, 0.25) is 0 Å². The lowest BCUT2D eigenvalue weighted by Crippen LogP contribution is -2.63. The number of halogens is 3. The van der Waals surface area contributed by atoms with Crippen molar-refractivity contribution in [2.24, 2.45) is 4.99 Å². The molecule has 0 aromatic carbocycles. The lowest BCUT2D eigenvalue weighted by molar-refractivity contribution is -0.197. The van der Waals surface area contributed by atoms with Gasteiger partial charge in [0.15, 0.2) is 5.17 Å². The first kappa shape index (κ1) is 15.9. The Balaban J connectivity index is 2.31. The summed E-state index contributed by atoms with van der Waals surface area (Å²) in [6.07, 6.45) is -6.40. The minimum Gasteiger partial charge on any atom is -0.444 e. The van der Waals surface area contributed by atoms with E-state index in [9.17, 15) is 22.8 Å². The molecule has 0 aliphatic carbocycles. The SMILES string of the molecule is CC(C)(C)OC(=O)NC1(C(F)(F)F)N=C2SCCN2C1=O. The van der Waals surface area contributed by atoms with Crippen LogP contribution < -0.4 is 5.32 Å². The quantitative estimate of drug-likeness (QED) is 0.797. The van der Waals surface area contributed by atoms with Crippen LogP contribution in [0.15, 0.2) is 4.99 Å². The van der Waals surface area contributed by atoms with Gasteiger partial charge in [-0.25, -0.2) is 9.79 Å². The Labute approximate surface area is 123 Å². The number of alkyl carbamates (subject to hydrolysis) is 1. The minimum atomic E-state index is -5.06. The lowest BCUT2D eigenvalue weighted by atomic mass is 10.1. The van der Waals surface area contributed by atoms with Crippen molar-refractivity contribution in [2.75, 3.05) is 12.3 Å². The number of nitrogens with zero attached hydrogens (tertiary/aromatic N) is 2. The highest BCUT2D eigenvalue weighted by Crippen LogP contribution is 2.40. The van der Waals surface area contributed by atoms with Crippen molar-refractivity contribution in [1.82, 2.24) is 10.2 Å². The van der Waals surface area contributed by atoms with Gasteiger partial charge < -0.3 is 4.74 Å². The van der Waals surface area contributed by atoms with Gasteiger partial charge in [0.25, 0.3) is 5.91 Å². The van der Waals surface area contributed by atoms with E-state index in [0.717, 1.165) is 16.7 Å². The number of amides is 2. The summed E-state index contributed by atoms with van der Waals surface area (Å²) in [5.41, 5.74) is -4.28. The van der Waals surface area contributed by atoms with Crippen molar-refractivity contribution in [2.45, 2.75) is 38.2 Å². The number of amidine groups is 1. The van der Waals surface area contributed by atoms with Gasteiger partial charge in [0, 0.05) is 12.3 Å². The highest BCUT2D eigenvalue weighted by atomic mass is 32.2.